The summed E-state index contributed by atoms with van der Waals surface area (Å²) in [4.78, 5) is 39.4. The first-order valence-electron chi connectivity index (χ1n) is 12.3. The van der Waals surface area contributed by atoms with E-state index in [1.54, 1.807) is 25.3 Å². The van der Waals surface area contributed by atoms with E-state index in [4.69, 9.17) is 27.9 Å². The summed E-state index contributed by atoms with van der Waals surface area (Å²) in [6.45, 7) is 1.28. The molecule has 2 amide bonds. The number of aliphatic carboxylic acids is 1. The van der Waals surface area contributed by atoms with Crippen molar-refractivity contribution in [3.05, 3.63) is 99.0 Å². The fourth-order valence-corrected chi connectivity index (χ4v) is 5.28. The van der Waals surface area contributed by atoms with Crippen LogP contribution < -0.4 is 10.1 Å². The summed E-state index contributed by atoms with van der Waals surface area (Å²) in [5.74, 6) is -0.961. The van der Waals surface area contributed by atoms with Gasteiger partial charge in [-0.05, 0) is 54.2 Å². The summed E-state index contributed by atoms with van der Waals surface area (Å²) in [6.07, 6.45) is 1.76. The lowest BCUT2D eigenvalue weighted by Gasteiger charge is -2.32. The smallest absolute Gasteiger partial charge is 0.326 e. The number of piperidine rings is 1. The van der Waals surface area contributed by atoms with Crippen LogP contribution >= 0.6 is 23.2 Å². The first kappa shape index (κ1) is 27.5. The van der Waals surface area contributed by atoms with Crippen LogP contribution in [0.2, 0.25) is 10.0 Å². The van der Waals surface area contributed by atoms with Crippen molar-refractivity contribution >= 4 is 41.0 Å². The molecule has 7 nitrogen and oxygen atoms in total. The van der Waals surface area contributed by atoms with Gasteiger partial charge in [0.2, 0.25) is 0 Å². The molecule has 0 bridgehead atoms. The third-order valence-corrected chi connectivity index (χ3v) is 7.43. The Labute approximate surface area is 231 Å². The van der Waals surface area contributed by atoms with Crippen molar-refractivity contribution in [1.29, 1.82) is 0 Å². The maximum atomic E-state index is 13.0. The second-order valence-electron chi connectivity index (χ2n) is 9.17. The lowest BCUT2D eigenvalue weighted by molar-refractivity contribution is -0.139. The predicted octanol–water partition coefficient (Wildman–Crippen LogP) is 5.45. The Morgan fingerprint density at radius 3 is 2.21 bits per heavy atom. The standard InChI is InChI=1S/C29H28Cl2N2O5/c1-38-25-8-3-2-5-21(25)28(35)33-15-13-20(14-16-33)19-11-9-18(10-12-19)17-24(29(36)37)32-27(34)26-22(30)6-4-7-23(26)31/h2-12,20,24H,13-17H2,1H3,(H,32,34)(H,36,37)/t24-/m0/s1. The van der Waals surface area contributed by atoms with Crippen molar-refractivity contribution in [3.8, 4) is 5.75 Å². The lowest BCUT2D eigenvalue weighted by Crippen LogP contribution is -2.42. The highest BCUT2D eigenvalue weighted by Gasteiger charge is 2.27. The van der Waals surface area contributed by atoms with Gasteiger partial charge in [0.05, 0.1) is 28.3 Å². The molecule has 2 N–H and O–H groups in total. The molecule has 0 saturated carbocycles. The molecule has 38 heavy (non-hydrogen) atoms. The highest BCUT2D eigenvalue weighted by Crippen LogP contribution is 2.30. The van der Waals surface area contributed by atoms with Gasteiger partial charge in [0, 0.05) is 19.5 Å². The molecule has 1 aliphatic heterocycles. The van der Waals surface area contributed by atoms with Gasteiger partial charge >= 0.3 is 5.97 Å². The van der Waals surface area contributed by atoms with Gasteiger partial charge in [-0.1, -0.05) is 65.7 Å². The summed E-state index contributed by atoms with van der Waals surface area (Å²) < 4.78 is 5.34. The Morgan fingerprint density at radius 2 is 1.61 bits per heavy atom. The minimum absolute atomic E-state index is 0.0314. The molecule has 0 aliphatic carbocycles. The van der Waals surface area contributed by atoms with Gasteiger partial charge in [0.25, 0.3) is 11.8 Å². The van der Waals surface area contributed by atoms with Crippen LogP contribution in [0.15, 0.2) is 66.7 Å². The van der Waals surface area contributed by atoms with E-state index in [9.17, 15) is 19.5 Å². The number of methoxy groups -OCH3 is 1. The van der Waals surface area contributed by atoms with Crippen LogP contribution in [-0.4, -0.2) is 54.0 Å². The SMILES string of the molecule is COc1ccccc1C(=O)N1CCC(c2ccc(C[C@H](NC(=O)c3c(Cl)cccc3Cl)C(=O)O)cc2)CC1. The topological polar surface area (TPSA) is 95.9 Å². The summed E-state index contributed by atoms with van der Waals surface area (Å²) in [5.41, 5.74) is 2.52. The van der Waals surface area contributed by atoms with E-state index in [1.165, 1.54) is 12.1 Å². The highest BCUT2D eigenvalue weighted by molar-refractivity contribution is 6.39. The molecule has 1 aliphatic rings. The van der Waals surface area contributed by atoms with E-state index in [1.807, 2.05) is 41.3 Å². The molecular formula is C29H28Cl2N2O5. The van der Waals surface area contributed by atoms with Crippen LogP contribution in [0.1, 0.15) is 50.6 Å². The van der Waals surface area contributed by atoms with Gasteiger partial charge < -0.3 is 20.1 Å². The molecule has 0 radical (unpaired) electrons. The number of ether oxygens (including phenoxy) is 1. The molecule has 1 atom stereocenters. The molecule has 0 aromatic heterocycles. The lowest BCUT2D eigenvalue weighted by atomic mass is 9.88. The second kappa shape index (κ2) is 12.3. The van der Waals surface area contributed by atoms with Gasteiger partial charge in [-0.2, -0.15) is 0 Å². The van der Waals surface area contributed by atoms with Crippen LogP contribution in [0.3, 0.4) is 0 Å². The summed E-state index contributed by atoms with van der Waals surface area (Å²) in [7, 11) is 1.56. The molecule has 1 saturated heterocycles. The Morgan fingerprint density at radius 1 is 0.974 bits per heavy atom. The van der Waals surface area contributed by atoms with E-state index < -0.39 is 17.9 Å². The largest absolute Gasteiger partial charge is 0.496 e. The zero-order valence-electron chi connectivity index (χ0n) is 20.8. The third kappa shape index (κ3) is 6.29. The number of nitrogens with zero attached hydrogens (tertiary/aromatic N) is 1. The maximum absolute atomic E-state index is 13.0. The molecular weight excluding hydrogens is 527 g/mol. The quantitative estimate of drug-likeness (QED) is 0.386. The fraction of sp³-hybridized carbons (Fsp3) is 0.276. The molecule has 9 heteroatoms. The highest BCUT2D eigenvalue weighted by atomic mass is 35.5. The number of carboxylic acid groups (broad SMARTS) is 1. The van der Waals surface area contributed by atoms with Gasteiger partial charge in [-0.3, -0.25) is 9.59 Å². The molecule has 0 spiro atoms. The number of carbonyl (C=O) groups is 3. The van der Waals surface area contributed by atoms with Crippen LogP contribution in [0.25, 0.3) is 0 Å². The second-order valence-corrected chi connectivity index (χ2v) is 9.99. The van der Waals surface area contributed by atoms with Crippen molar-refractivity contribution in [3.63, 3.8) is 0 Å². The first-order chi connectivity index (χ1) is 18.3. The molecule has 1 fully saturated rings. The average molecular weight is 555 g/mol. The minimum Gasteiger partial charge on any atom is -0.496 e. The van der Waals surface area contributed by atoms with Crippen molar-refractivity contribution in [2.24, 2.45) is 0 Å². The first-order valence-corrected chi connectivity index (χ1v) is 13.0. The number of carboxylic acids is 1. The average Bonchev–Trinajstić information content (AvgIpc) is 2.92. The van der Waals surface area contributed by atoms with Gasteiger partial charge in [-0.15, -0.1) is 0 Å². The molecule has 0 unspecified atom stereocenters. The number of halogens is 2. The van der Waals surface area contributed by atoms with Crippen LogP contribution in [0.4, 0.5) is 0 Å². The number of hydrogen-bond acceptors (Lipinski definition) is 4. The number of amides is 2. The Balaban J connectivity index is 1.36. The molecule has 3 aromatic rings. The number of nitrogens with one attached hydrogen (secondary N) is 1. The summed E-state index contributed by atoms with van der Waals surface area (Å²) in [5, 5.41) is 12.5. The number of rotatable bonds is 8. The summed E-state index contributed by atoms with van der Waals surface area (Å²) >= 11 is 12.2. The summed E-state index contributed by atoms with van der Waals surface area (Å²) in [6, 6.07) is 18.5. The van der Waals surface area contributed by atoms with Gasteiger partial charge in [-0.25, -0.2) is 4.79 Å². The van der Waals surface area contributed by atoms with Crippen LogP contribution in [0.5, 0.6) is 5.75 Å². The van der Waals surface area contributed by atoms with Crippen molar-refractivity contribution < 1.29 is 24.2 Å². The molecule has 4 rings (SSSR count). The van der Waals surface area contributed by atoms with Crippen molar-refractivity contribution in [1.82, 2.24) is 10.2 Å². The Kier molecular flexibility index (Phi) is 8.92. The fourth-order valence-electron chi connectivity index (χ4n) is 4.71. The Hall–Kier alpha value is -3.55. The third-order valence-electron chi connectivity index (χ3n) is 6.80. The van der Waals surface area contributed by atoms with Crippen LogP contribution in [0, 0.1) is 0 Å². The molecule has 3 aromatic carbocycles. The maximum Gasteiger partial charge on any atom is 0.326 e. The van der Waals surface area contributed by atoms with Crippen LogP contribution in [-0.2, 0) is 11.2 Å². The zero-order chi connectivity index (χ0) is 27.2. The van der Waals surface area contributed by atoms with E-state index >= 15 is 0 Å². The van der Waals surface area contributed by atoms with E-state index in [2.05, 4.69) is 5.32 Å². The Bertz CT molecular complexity index is 1300. The number of carbonyl (C=O) groups excluding carboxylic acids is 2. The van der Waals surface area contributed by atoms with Crippen molar-refractivity contribution in [2.75, 3.05) is 20.2 Å². The minimum atomic E-state index is -1.15. The number of hydrogen-bond donors (Lipinski definition) is 2. The predicted molar refractivity (Wildman–Crippen MR) is 146 cm³/mol. The van der Waals surface area contributed by atoms with Crippen molar-refractivity contribution in [2.45, 2.75) is 31.2 Å². The van der Waals surface area contributed by atoms with E-state index in [0.29, 0.717) is 30.3 Å². The molecule has 198 valence electrons. The number of benzene rings is 3. The normalized spacial score (nSPS) is 14.6. The van der Waals surface area contributed by atoms with E-state index in [-0.39, 0.29) is 27.9 Å². The monoisotopic (exact) mass is 554 g/mol. The number of para-hydroxylation sites is 1. The molecule has 1 heterocycles. The number of likely N-dealkylation sites (tertiary alicyclic amines) is 1. The van der Waals surface area contributed by atoms with Gasteiger partial charge in [0.15, 0.2) is 0 Å². The van der Waals surface area contributed by atoms with Gasteiger partial charge in [0.1, 0.15) is 11.8 Å². The zero-order valence-corrected chi connectivity index (χ0v) is 22.3. The van der Waals surface area contributed by atoms with E-state index in [0.717, 1.165) is 24.0 Å².